The van der Waals surface area contributed by atoms with Crippen molar-refractivity contribution < 1.29 is 8.42 Å². The van der Waals surface area contributed by atoms with Crippen LogP contribution in [-0.4, -0.2) is 19.9 Å². The zero-order valence-corrected chi connectivity index (χ0v) is 11.9. The highest BCUT2D eigenvalue weighted by atomic mass is 32.2. The van der Waals surface area contributed by atoms with Gasteiger partial charge in [0.25, 0.3) is 0 Å². The Morgan fingerprint density at radius 2 is 2.00 bits per heavy atom. The Bertz CT molecular complexity index is 607. The van der Waals surface area contributed by atoms with Gasteiger partial charge in [-0.2, -0.15) is 0 Å². The molecule has 0 saturated carbocycles. The van der Waals surface area contributed by atoms with Gasteiger partial charge >= 0.3 is 0 Å². The van der Waals surface area contributed by atoms with Crippen molar-refractivity contribution in [3.05, 3.63) is 46.4 Å². The van der Waals surface area contributed by atoms with Crippen LogP contribution in [0.4, 0.5) is 0 Å². The number of nitrogens with zero attached hydrogens (tertiary/aromatic N) is 1. The first-order valence-electron chi connectivity index (χ1n) is 5.77. The van der Waals surface area contributed by atoms with E-state index in [1.54, 1.807) is 29.8 Å². The highest BCUT2D eigenvalue weighted by Crippen LogP contribution is 2.10. The van der Waals surface area contributed by atoms with Crippen LogP contribution in [-0.2, 0) is 23.0 Å². The van der Waals surface area contributed by atoms with Crippen LogP contribution in [0.1, 0.15) is 11.3 Å². The minimum absolute atomic E-state index is 0.253. The van der Waals surface area contributed by atoms with Gasteiger partial charge in [0.05, 0.1) is 16.1 Å². The Labute approximate surface area is 116 Å². The molecule has 2 rings (SSSR count). The van der Waals surface area contributed by atoms with Crippen LogP contribution in [0, 0.1) is 0 Å². The van der Waals surface area contributed by atoms with E-state index in [2.05, 4.69) is 9.71 Å². The Hall–Kier alpha value is -1.28. The first kappa shape index (κ1) is 14.1. The second-order valence-corrected chi connectivity index (χ2v) is 6.46. The lowest BCUT2D eigenvalue weighted by atomic mass is 10.2. The molecule has 0 atom stereocenters. The summed E-state index contributed by atoms with van der Waals surface area (Å²) in [5.41, 5.74) is 9.00. The number of benzene rings is 1. The number of nitrogens with two attached hydrogens (primary N) is 1. The molecule has 1 heterocycles. The maximum atomic E-state index is 12.0. The quantitative estimate of drug-likeness (QED) is 0.837. The average molecular weight is 297 g/mol. The maximum absolute atomic E-state index is 12.0. The summed E-state index contributed by atoms with van der Waals surface area (Å²) in [6.45, 7) is 0.738. The molecule has 5 nitrogen and oxygen atoms in total. The number of hydrogen-bond donors (Lipinski definition) is 2. The molecule has 0 radical (unpaired) electrons. The van der Waals surface area contributed by atoms with Gasteiger partial charge in [0, 0.05) is 24.9 Å². The van der Waals surface area contributed by atoms with E-state index in [1.165, 1.54) is 11.3 Å². The van der Waals surface area contributed by atoms with E-state index in [0.29, 0.717) is 19.5 Å². The van der Waals surface area contributed by atoms with Crippen LogP contribution in [0.3, 0.4) is 0 Å². The Balaban J connectivity index is 1.97. The fourth-order valence-corrected chi connectivity index (χ4v) is 3.19. The maximum Gasteiger partial charge on any atom is 0.240 e. The molecule has 1 aromatic heterocycles. The summed E-state index contributed by atoms with van der Waals surface area (Å²) < 4.78 is 26.6. The van der Waals surface area contributed by atoms with Crippen LogP contribution < -0.4 is 10.5 Å². The van der Waals surface area contributed by atoms with Crippen LogP contribution in [0.25, 0.3) is 0 Å². The molecule has 19 heavy (non-hydrogen) atoms. The van der Waals surface area contributed by atoms with E-state index < -0.39 is 10.0 Å². The first-order valence-corrected chi connectivity index (χ1v) is 8.20. The Morgan fingerprint density at radius 3 is 2.58 bits per heavy atom. The third-order valence-corrected chi connectivity index (χ3v) is 4.74. The lowest BCUT2D eigenvalue weighted by Crippen LogP contribution is -2.26. The van der Waals surface area contributed by atoms with Gasteiger partial charge in [-0.25, -0.2) is 18.1 Å². The van der Waals surface area contributed by atoms with Crippen molar-refractivity contribution in [1.82, 2.24) is 9.71 Å². The van der Waals surface area contributed by atoms with Crippen LogP contribution in [0.5, 0.6) is 0 Å². The number of thiazole rings is 1. The van der Waals surface area contributed by atoms with E-state index in [0.717, 1.165) is 11.3 Å². The minimum atomic E-state index is -3.45. The van der Waals surface area contributed by atoms with E-state index >= 15 is 0 Å². The molecule has 0 fully saturated rings. The molecule has 0 aliphatic carbocycles. The smallest absolute Gasteiger partial charge is 0.240 e. The number of rotatable bonds is 6. The normalized spacial score (nSPS) is 11.6. The number of hydrogen-bond acceptors (Lipinski definition) is 5. The molecular formula is C12H15N3O2S2. The molecule has 7 heteroatoms. The van der Waals surface area contributed by atoms with Crippen molar-refractivity contribution in [2.45, 2.75) is 17.9 Å². The van der Waals surface area contributed by atoms with Gasteiger partial charge in [0.15, 0.2) is 0 Å². The lowest BCUT2D eigenvalue weighted by molar-refractivity contribution is 0.581. The summed E-state index contributed by atoms with van der Waals surface area (Å²) in [7, 11) is -3.45. The molecule has 2 aromatic rings. The van der Waals surface area contributed by atoms with Crippen molar-refractivity contribution in [2.75, 3.05) is 6.54 Å². The predicted molar refractivity (Wildman–Crippen MR) is 75.3 cm³/mol. The van der Waals surface area contributed by atoms with E-state index in [-0.39, 0.29) is 4.90 Å². The monoisotopic (exact) mass is 297 g/mol. The summed E-state index contributed by atoms with van der Waals surface area (Å²) >= 11 is 1.50. The second-order valence-electron chi connectivity index (χ2n) is 3.98. The summed E-state index contributed by atoms with van der Waals surface area (Å²) in [5, 5.41) is 1.91. The zero-order valence-electron chi connectivity index (χ0n) is 10.2. The van der Waals surface area contributed by atoms with Crippen molar-refractivity contribution in [3.63, 3.8) is 0 Å². The van der Waals surface area contributed by atoms with Crippen LogP contribution >= 0.6 is 11.3 Å². The van der Waals surface area contributed by atoms with Gasteiger partial charge in [-0.05, 0) is 17.7 Å². The average Bonchev–Trinajstić information content (AvgIpc) is 2.92. The molecule has 102 valence electrons. The van der Waals surface area contributed by atoms with Crippen LogP contribution in [0.15, 0.2) is 40.1 Å². The SMILES string of the molecule is NCc1ccc(S(=O)(=O)NCCc2cscn2)cc1. The van der Waals surface area contributed by atoms with Crippen molar-refractivity contribution in [1.29, 1.82) is 0 Å². The molecule has 0 aliphatic rings. The van der Waals surface area contributed by atoms with Gasteiger partial charge in [0.2, 0.25) is 10.0 Å². The fraction of sp³-hybridized carbons (Fsp3) is 0.250. The van der Waals surface area contributed by atoms with Crippen LogP contribution in [0.2, 0.25) is 0 Å². The van der Waals surface area contributed by atoms with E-state index in [1.807, 2.05) is 5.38 Å². The first-order chi connectivity index (χ1) is 9.12. The number of nitrogens with one attached hydrogen (secondary N) is 1. The fourth-order valence-electron chi connectivity index (χ4n) is 1.56. The molecule has 0 aliphatic heterocycles. The molecule has 0 spiro atoms. The lowest BCUT2D eigenvalue weighted by Gasteiger charge is -2.06. The molecule has 3 N–H and O–H groups in total. The van der Waals surface area contributed by atoms with Gasteiger partial charge < -0.3 is 5.73 Å². The van der Waals surface area contributed by atoms with Crippen molar-refractivity contribution in [2.24, 2.45) is 5.73 Å². The Kier molecular flexibility index (Phi) is 4.65. The topological polar surface area (TPSA) is 85.1 Å². The number of aromatic nitrogens is 1. The minimum Gasteiger partial charge on any atom is -0.326 e. The van der Waals surface area contributed by atoms with Gasteiger partial charge in [-0.15, -0.1) is 11.3 Å². The third kappa shape index (κ3) is 3.84. The van der Waals surface area contributed by atoms with Crippen molar-refractivity contribution in [3.8, 4) is 0 Å². The zero-order chi connectivity index (χ0) is 13.7. The second kappa shape index (κ2) is 6.25. The molecule has 1 aromatic carbocycles. The molecule has 0 bridgehead atoms. The van der Waals surface area contributed by atoms with E-state index in [9.17, 15) is 8.42 Å². The predicted octanol–water partition coefficient (Wildman–Crippen LogP) is 1.12. The van der Waals surface area contributed by atoms with E-state index in [4.69, 9.17) is 5.73 Å². The summed E-state index contributed by atoms with van der Waals surface area (Å²) in [5.74, 6) is 0. The van der Waals surface area contributed by atoms with Gasteiger partial charge in [0.1, 0.15) is 0 Å². The Morgan fingerprint density at radius 1 is 1.26 bits per heavy atom. The largest absolute Gasteiger partial charge is 0.326 e. The summed E-state index contributed by atoms with van der Waals surface area (Å²) in [6.07, 6.45) is 0.587. The highest BCUT2D eigenvalue weighted by molar-refractivity contribution is 7.89. The molecular weight excluding hydrogens is 282 g/mol. The van der Waals surface area contributed by atoms with Gasteiger partial charge in [-0.1, -0.05) is 12.1 Å². The third-order valence-electron chi connectivity index (χ3n) is 2.63. The highest BCUT2D eigenvalue weighted by Gasteiger charge is 2.13. The summed E-state index contributed by atoms with van der Waals surface area (Å²) in [4.78, 5) is 4.35. The molecule has 0 saturated heterocycles. The van der Waals surface area contributed by atoms with Crippen molar-refractivity contribution >= 4 is 21.4 Å². The summed E-state index contributed by atoms with van der Waals surface area (Å²) in [6, 6.07) is 6.56. The number of sulfonamides is 1. The standard InChI is InChI=1S/C12H15N3O2S2/c13-7-10-1-3-12(4-2-10)19(16,17)15-6-5-11-8-18-9-14-11/h1-4,8-9,15H,5-7,13H2. The molecule has 0 unspecified atom stereocenters. The van der Waals surface area contributed by atoms with Gasteiger partial charge in [-0.3, -0.25) is 0 Å². The molecule has 0 amide bonds.